The minimum absolute atomic E-state index is 0.153. The molecule has 118 valence electrons. The summed E-state index contributed by atoms with van der Waals surface area (Å²) in [4.78, 5) is 25.7. The van der Waals surface area contributed by atoms with Gasteiger partial charge in [-0.05, 0) is 19.1 Å². The summed E-state index contributed by atoms with van der Waals surface area (Å²) in [6.45, 7) is 1.79. The van der Waals surface area contributed by atoms with Gasteiger partial charge in [-0.2, -0.15) is 0 Å². The molecule has 1 aromatic heterocycles. The molecule has 0 saturated heterocycles. The van der Waals surface area contributed by atoms with E-state index in [2.05, 4.69) is 0 Å². The molecular weight excluding hydrogens is 334 g/mol. The number of allylic oxidation sites excluding steroid dienone is 1. The van der Waals surface area contributed by atoms with Gasteiger partial charge in [-0.25, -0.2) is 8.42 Å². The number of hydrogen-bond acceptors (Lipinski definition) is 6. The average Bonchev–Trinajstić information content (AvgIpc) is 2.97. The molecule has 0 saturated carbocycles. The van der Waals surface area contributed by atoms with Crippen LogP contribution in [-0.2, 0) is 9.84 Å². The van der Waals surface area contributed by atoms with Crippen LogP contribution in [-0.4, -0.2) is 25.7 Å². The molecule has 0 bridgehead atoms. The second-order valence-electron chi connectivity index (χ2n) is 5.22. The first-order chi connectivity index (χ1) is 10.8. The smallest absolute Gasteiger partial charge is 0.209 e. The lowest BCUT2D eigenvalue weighted by Gasteiger charge is -2.18. The number of nitrogens with two attached hydrogens (primary N) is 1. The molecule has 3 rings (SSSR count). The minimum atomic E-state index is -3.72. The highest BCUT2D eigenvalue weighted by Crippen LogP contribution is 2.28. The Balaban J connectivity index is 2.05. The van der Waals surface area contributed by atoms with Crippen molar-refractivity contribution >= 4 is 32.7 Å². The van der Waals surface area contributed by atoms with E-state index in [-0.39, 0.29) is 26.6 Å². The molecule has 23 heavy (non-hydrogen) atoms. The van der Waals surface area contributed by atoms with Crippen LogP contribution in [0.15, 0.2) is 51.9 Å². The molecule has 5 nitrogen and oxygen atoms in total. The topological polar surface area (TPSA) is 94.3 Å². The van der Waals surface area contributed by atoms with E-state index in [0.717, 1.165) is 16.2 Å². The molecule has 0 aliphatic heterocycles. The third kappa shape index (κ3) is 2.62. The largest absolute Gasteiger partial charge is 0.395 e. The summed E-state index contributed by atoms with van der Waals surface area (Å²) < 4.78 is 25.1. The monoisotopic (exact) mass is 347 g/mol. The summed E-state index contributed by atoms with van der Waals surface area (Å²) >= 11 is 1.12. The first-order valence-corrected chi connectivity index (χ1v) is 9.24. The molecule has 0 radical (unpaired) electrons. The lowest BCUT2D eigenvalue weighted by Crippen LogP contribution is -2.29. The van der Waals surface area contributed by atoms with Crippen LogP contribution in [0.4, 0.5) is 0 Å². The third-order valence-electron chi connectivity index (χ3n) is 3.62. The summed E-state index contributed by atoms with van der Waals surface area (Å²) in [6, 6.07) is 9.46. The van der Waals surface area contributed by atoms with E-state index in [4.69, 9.17) is 5.73 Å². The van der Waals surface area contributed by atoms with Crippen LogP contribution in [0.2, 0.25) is 0 Å². The molecule has 0 unspecified atom stereocenters. The zero-order valence-corrected chi connectivity index (χ0v) is 13.8. The molecule has 1 aliphatic rings. The molecule has 1 heterocycles. The first-order valence-electron chi connectivity index (χ1n) is 6.77. The molecule has 2 N–H and O–H groups in total. The number of carbonyl (C=O) groups is 2. The molecule has 7 heteroatoms. The Hall–Kier alpha value is -2.25. The van der Waals surface area contributed by atoms with Crippen LogP contribution < -0.4 is 5.73 Å². The van der Waals surface area contributed by atoms with E-state index < -0.39 is 27.2 Å². The Bertz CT molecular complexity index is 967. The predicted octanol–water partition coefficient (Wildman–Crippen LogP) is 2.12. The zero-order chi connectivity index (χ0) is 16.8. The summed E-state index contributed by atoms with van der Waals surface area (Å²) in [5.41, 5.74) is 5.73. The summed E-state index contributed by atoms with van der Waals surface area (Å²) in [6.07, 6.45) is 0. The zero-order valence-electron chi connectivity index (χ0n) is 12.2. The standard InChI is InChI=1S/C16H13NO4S2/c1-9-6-7-13(22-9)23(20,21)8-12-14(17)16(19)11-5-3-2-4-10(11)15(12)18/h2-7H,8,17H2,1H3. The molecule has 2 aromatic rings. The van der Waals surface area contributed by atoms with Crippen LogP contribution in [0.1, 0.15) is 25.6 Å². The lowest BCUT2D eigenvalue weighted by molar-refractivity contribution is 0.0974. The van der Waals surface area contributed by atoms with Crippen LogP contribution >= 0.6 is 11.3 Å². The van der Waals surface area contributed by atoms with Crippen molar-refractivity contribution < 1.29 is 18.0 Å². The van der Waals surface area contributed by atoms with E-state index in [1.165, 1.54) is 18.2 Å². The highest BCUT2D eigenvalue weighted by Gasteiger charge is 2.33. The van der Waals surface area contributed by atoms with Gasteiger partial charge in [0.2, 0.25) is 5.78 Å². The minimum Gasteiger partial charge on any atom is -0.395 e. The van der Waals surface area contributed by atoms with Gasteiger partial charge < -0.3 is 5.73 Å². The van der Waals surface area contributed by atoms with Gasteiger partial charge in [0.25, 0.3) is 0 Å². The maximum atomic E-state index is 12.5. The van der Waals surface area contributed by atoms with E-state index in [0.29, 0.717) is 0 Å². The lowest BCUT2D eigenvalue weighted by atomic mass is 9.88. The number of thiophene rings is 1. The highest BCUT2D eigenvalue weighted by atomic mass is 32.2. The van der Waals surface area contributed by atoms with Gasteiger partial charge in [0.05, 0.1) is 11.4 Å². The maximum Gasteiger partial charge on any atom is 0.209 e. The van der Waals surface area contributed by atoms with Gasteiger partial charge in [0.1, 0.15) is 4.21 Å². The molecule has 1 aliphatic carbocycles. The van der Waals surface area contributed by atoms with Crippen LogP contribution in [0.5, 0.6) is 0 Å². The van der Waals surface area contributed by atoms with Crippen molar-refractivity contribution in [3.63, 3.8) is 0 Å². The molecule has 0 amide bonds. The van der Waals surface area contributed by atoms with E-state index in [9.17, 15) is 18.0 Å². The Morgan fingerprint density at radius 1 is 1.00 bits per heavy atom. The van der Waals surface area contributed by atoms with Gasteiger partial charge in [-0.1, -0.05) is 24.3 Å². The van der Waals surface area contributed by atoms with Crippen molar-refractivity contribution in [1.82, 2.24) is 0 Å². The fourth-order valence-corrected chi connectivity index (χ4v) is 5.18. The highest BCUT2D eigenvalue weighted by molar-refractivity contribution is 7.93. The molecule has 0 atom stereocenters. The summed E-state index contributed by atoms with van der Waals surface area (Å²) in [7, 11) is -3.72. The third-order valence-corrected chi connectivity index (χ3v) is 6.84. The number of rotatable bonds is 3. The van der Waals surface area contributed by atoms with Crippen LogP contribution in [0, 0.1) is 6.92 Å². The molecule has 0 fully saturated rings. The Labute approximate surface area is 137 Å². The molecule has 1 aromatic carbocycles. The fraction of sp³-hybridized carbons (Fsp3) is 0.125. The van der Waals surface area contributed by atoms with Crippen molar-refractivity contribution in [3.05, 3.63) is 63.7 Å². The van der Waals surface area contributed by atoms with Crippen molar-refractivity contribution in [3.8, 4) is 0 Å². The Kier molecular flexibility index (Phi) is 3.69. The van der Waals surface area contributed by atoms with Crippen LogP contribution in [0.3, 0.4) is 0 Å². The normalized spacial score (nSPS) is 15.0. The van der Waals surface area contributed by atoms with E-state index in [1.54, 1.807) is 25.1 Å². The number of benzene rings is 1. The summed E-state index contributed by atoms with van der Waals surface area (Å²) in [5, 5.41) is 0. The number of fused-ring (bicyclic) bond motifs is 1. The molecular formula is C16H13NO4S2. The van der Waals surface area contributed by atoms with Crippen molar-refractivity contribution in [2.45, 2.75) is 11.1 Å². The molecule has 0 spiro atoms. The van der Waals surface area contributed by atoms with Gasteiger partial charge in [-0.3, -0.25) is 9.59 Å². The predicted molar refractivity (Wildman–Crippen MR) is 87.4 cm³/mol. The number of carbonyl (C=O) groups excluding carboxylic acids is 2. The quantitative estimate of drug-likeness (QED) is 0.918. The van der Waals surface area contributed by atoms with E-state index in [1.807, 2.05) is 0 Å². The Morgan fingerprint density at radius 2 is 1.61 bits per heavy atom. The van der Waals surface area contributed by atoms with Gasteiger partial charge >= 0.3 is 0 Å². The van der Waals surface area contributed by atoms with Crippen LogP contribution in [0.25, 0.3) is 0 Å². The van der Waals surface area contributed by atoms with Crippen molar-refractivity contribution in [2.24, 2.45) is 5.73 Å². The Morgan fingerprint density at radius 3 is 2.17 bits per heavy atom. The number of sulfone groups is 1. The number of hydrogen-bond donors (Lipinski definition) is 1. The maximum absolute atomic E-state index is 12.5. The fourth-order valence-electron chi connectivity index (χ4n) is 2.43. The van der Waals surface area contributed by atoms with Gasteiger partial charge in [0.15, 0.2) is 15.6 Å². The number of Topliss-reactive ketones (excluding diaryl/α,β-unsaturated/α-hetero) is 2. The average molecular weight is 347 g/mol. The van der Waals surface area contributed by atoms with Crippen molar-refractivity contribution in [1.29, 1.82) is 0 Å². The van der Waals surface area contributed by atoms with Gasteiger partial charge in [0, 0.05) is 21.6 Å². The number of aryl methyl sites for hydroxylation is 1. The summed E-state index contributed by atoms with van der Waals surface area (Å²) in [5.74, 6) is -1.58. The SMILES string of the molecule is Cc1ccc(S(=O)(=O)CC2=C(N)C(=O)c3ccccc3C2=O)s1. The number of ketones is 2. The van der Waals surface area contributed by atoms with Crippen molar-refractivity contribution in [2.75, 3.05) is 5.75 Å². The van der Waals surface area contributed by atoms with Gasteiger partial charge in [-0.15, -0.1) is 11.3 Å². The van der Waals surface area contributed by atoms with E-state index >= 15 is 0 Å². The first kappa shape index (κ1) is 15.6. The second-order valence-corrected chi connectivity index (χ2v) is 8.72. The second kappa shape index (κ2) is 5.43.